The summed E-state index contributed by atoms with van der Waals surface area (Å²) >= 11 is 8.98. The Morgan fingerprint density at radius 1 is 1.21 bits per heavy atom. The molecule has 1 aromatic heterocycles. The standard InChI is InChI=1S/C12H6BrClF3NO/c13-7-3-8(14)5-9(4-7)19-11-6-18-2-1-10(11)12(15,16)17/h1-6H. The molecule has 100 valence electrons. The molecule has 0 atom stereocenters. The summed E-state index contributed by atoms with van der Waals surface area (Å²) in [5, 5.41) is 0.349. The fourth-order valence-electron chi connectivity index (χ4n) is 1.41. The van der Waals surface area contributed by atoms with Gasteiger partial charge in [-0.3, -0.25) is 4.98 Å². The Hall–Kier alpha value is -1.27. The normalized spacial score (nSPS) is 11.4. The van der Waals surface area contributed by atoms with Crippen LogP contribution in [0.25, 0.3) is 0 Å². The molecule has 0 radical (unpaired) electrons. The lowest BCUT2D eigenvalue weighted by molar-refractivity contribution is -0.138. The average molecular weight is 353 g/mol. The topological polar surface area (TPSA) is 22.1 Å². The van der Waals surface area contributed by atoms with Crippen LogP contribution < -0.4 is 4.74 Å². The quantitative estimate of drug-likeness (QED) is 0.731. The Kier molecular flexibility index (Phi) is 4.01. The van der Waals surface area contributed by atoms with E-state index >= 15 is 0 Å². The first-order chi connectivity index (χ1) is 8.86. The molecule has 0 saturated carbocycles. The summed E-state index contributed by atoms with van der Waals surface area (Å²) in [6.45, 7) is 0. The van der Waals surface area contributed by atoms with E-state index in [1.54, 1.807) is 6.07 Å². The number of alkyl halides is 3. The molecule has 0 aliphatic heterocycles. The number of halogens is 5. The second-order valence-electron chi connectivity index (χ2n) is 3.58. The number of hydrogen-bond donors (Lipinski definition) is 0. The first kappa shape index (κ1) is 14.1. The molecule has 7 heteroatoms. The largest absolute Gasteiger partial charge is 0.455 e. The highest BCUT2D eigenvalue weighted by Crippen LogP contribution is 2.38. The van der Waals surface area contributed by atoms with Crippen molar-refractivity contribution < 1.29 is 17.9 Å². The predicted molar refractivity (Wildman–Crippen MR) is 68.5 cm³/mol. The zero-order valence-electron chi connectivity index (χ0n) is 9.21. The minimum Gasteiger partial charge on any atom is -0.455 e. The summed E-state index contributed by atoms with van der Waals surface area (Å²) < 4.78 is 44.1. The number of ether oxygens (including phenoxy) is 1. The minimum absolute atomic E-state index is 0.192. The molecule has 1 heterocycles. The second-order valence-corrected chi connectivity index (χ2v) is 4.93. The van der Waals surface area contributed by atoms with Crippen LogP contribution in [0.5, 0.6) is 11.5 Å². The maximum atomic E-state index is 12.8. The minimum atomic E-state index is -4.51. The molecule has 0 saturated heterocycles. The summed E-state index contributed by atoms with van der Waals surface area (Å²) in [6, 6.07) is 5.38. The number of aromatic nitrogens is 1. The predicted octanol–water partition coefficient (Wildman–Crippen LogP) is 5.31. The number of benzene rings is 1. The van der Waals surface area contributed by atoms with Crippen LogP contribution in [0.3, 0.4) is 0 Å². The first-order valence-electron chi connectivity index (χ1n) is 5.01. The van der Waals surface area contributed by atoms with E-state index in [4.69, 9.17) is 16.3 Å². The fourth-order valence-corrected chi connectivity index (χ4v) is 2.24. The zero-order valence-corrected chi connectivity index (χ0v) is 11.6. The molecule has 0 fully saturated rings. The third-order valence-electron chi connectivity index (χ3n) is 2.15. The molecule has 0 unspecified atom stereocenters. The average Bonchev–Trinajstić information content (AvgIpc) is 2.26. The van der Waals surface area contributed by atoms with Crippen molar-refractivity contribution >= 4 is 27.5 Å². The van der Waals surface area contributed by atoms with E-state index < -0.39 is 11.7 Å². The summed E-state index contributed by atoms with van der Waals surface area (Å²) in [5.74, 6) is -0.179. The molecule has 2 aromatic rings. The van der Waals surface area contributed by atoms with E-state index in [2.05, 4.69) is 20.9 Å². The first-order valence-corrected chi connectivity index (χ1v) is 6.18. The lowest BCUT2D eigenvalue weighted by Crippen LogP contribution is -2.07. The Labute approximate surface area is 120 Å². The second kappa shape index (κ2) is 5.38. The lowest BCUT2D eigenvalue weighted by atomic mass is 10.2. The van der Waals surface area contributed by atoms with Gasteiger partial charge in [-0.05, 0) is 24.3 Å². The summed E-state index contributed by atoms with van der Waals surface area (Å²) in [7, 11) is 0. The molecule has 19 heavy (non-hydrogen) atoms. The van der Waals surface area contributed by atoms with Crippen molar-refractivity contribution in [3.8, 4) is 11.5 Å². The van der Waals surface area contributed by atoms with Gasteiger partial charge in [0.1, 0.15) is 11.3 Å². The molecule has 0 spiro atoms. The van der Waals surface area contributed by atoms with Crippen molar-refractivity contribution in [1.29, 1.82) is 0 Å². The van der Waals surface area contributed by atoms with E-state index in [0.717, 1.165) is 18.5 Å². The van der Waals surface area contributed by atoms with Gasteiger partial charge in [0.05, 0.1) is 6.20 Å². The van der Waals surface area contributed by atoms with Crippen molar-refractivity contribution in [2.75, 3.05) is 0 Å². The van der Waals surface area contributed by atoms with Crippen LogP contribution in [0.2, 0.25) is 5.02 Å². The maximum Gasteiger partial charge on any atom is 0.420 e. The van der Waals surface area contributed by atoms with Crippen LogP contribution in [0, 0.1) is 0 Å². The maximum absolute atomic E-state index is 12.8. The molecule has 2 rings (SSSR count). The van der Waals surface area contributed by atoms with Gasteiger partial charge in [0.15, 0.2) is 5.75 Å². The van der Waals surface area contributed by atoms with Gasteiger partial charge in [-0.25, -0.2) is 0 Å². The Morgan fingerprint density at radius 3 is 2.58 bits per heavy atom. The third kappa shape index (κ3) is 3.61. The van der Waals surface area contributed by atoms with Gasteiger partial charge in [0.25, 0.3) is 0 Å². The van der Waals surface area contributed by atoms with Gasteiger partial charge in [0.2, 0.25) is 0 Å². The third-order valence-corrected chi connectivity index (χ3v) is 2.83. The van der Waals surface area contributed by atoms with Gasteiger partial charge in [0, 0.05) is 15.7 Å². The van der Waals surface area contributed by atoms with E-state index in [0.29, 0.717) is 9.50 Å². The monoisotopic (exact) mass is 351 g/mol. The summed E-state index contributed by atoms with van der Waals surface area (Å²) in [4.78, 5) is 3.63. The number of rotatable bonds is 2. The van der Waals surface area contributed by atoms with Gasteiger partial charge in [-0.15, -0.1) is 0 Å². The highest BCUT2D eigenvalue weighted by Gasteiger charge is 2.34. The van der Waals surface area contributed by atoms with E-state index in [1.165, 1.54) is 12.1 Å². The van der Waals surface area contributed by atoms with Gasteiger partial charge >= 0.3 is 6.18 Å². The highest BCUT2D eigenvalue weighted by molar-refractivity contribution is 9.10. The molecule has 1 aromatic carbocycles. The van der Waals surface area contributed by atoms with Crippen LogP contribution in [-0.2, 0) is 6.18 Å². The van der Waals surface area contributed by atoms with Crippen LogP contribution in [-0.4, -0.2) is 4.98 Å². The molecule has 0 amide bonds. The Bertz CT molecular complexity index is 584. The van der Waals surface area contributed by atoms with Crippen LogP contribution in [0.15, 0.2) is 41.1 Å². The van der Waals surface area contributed by atoms with Crippen LogP contribution in [0.1, 0.15) is 5.56 Å². The number of hydrogen-bond acceptors (Lipinski definition) is 2. The number of nitrogens with zero attached hydrogens (tertiary/aromatic N) is 1. The van der Waals surface area contributed by atoms with Crippen molar-refractivity contribution in [3.63, 3.8) is 0 Å². The van der Waals surface area contributed by atoms with Crippen molar-refractivity contribution in [2.45, 2.75) is 6.18 Å². The van der Waals surface area contributed by atoms with Crippen LogP contribution in [0.4, 0.5) is 13.2 Å². The van der Waals surface area contributed by atoms with Gasteiger partial charge in [-0.2, -0.15) is 13.2 Å². The van der Waals surface area contributed by atoms with E-state index in [1.807, 2.05) is 0 Å². The fraction of sp³-hybridized carbons (Fsp3) is 0.0833. The molecular formula is C12H6BrClF3NO. The number of pyridine rings is 1. The van der Waals surface area contributed by atoms with Crippen molar-refractivity contribution in [1.82, 2.24) is 4.98 Å². The SMILES string of the molecule is FC(F)(F)c1ccncc1Oc1cc(Cl)cc(Br)c1. The molecule has 0 bridgehead atoms. The van der Waals surface area contributed by atoms with E-state index in [-0.39, 0.29) is 11.5 Å². The molecule has 2 nitrogen and oxygen atoms in total. The summed E-state index contributed by atoms with van der Waals surface area (Å²) in [5.41, 5.74) is -0.890. The molecule has 0 N–H and O–H groups in total. The zero-order chi connectivity index (χ0) is 14.0. The van der Waals surface area contributed by atoms with Gasteiger partial charge in [-0.1, -0.05) is 27.5 Å². The molecule has 0 aliphatic rings. The van der Waals surface area contributed by atoms with Crippen molar-refractivity contribution in [2.24, 2.45) is 0 Å². The Balaban J connectivity index is 2.38. The molecular weight excluding hydrogens is 346 g/mol. The molecule has 0 aliphatic carbocycles. The lowest BCUT2D eigenvalue weighted by Gasteiger charge is -2.13. The van der Waals surface area contributed by atoms with E-state index in [9.17, 15) is 13.2 Å². The smallest absolute Gasteiger partial charge is 0.420 e. The van der Waals surface area contributed by atoms with Crippen molar-refractivity contribution in [3.05, 3.63) is 51.7 Å². The Morgan fingerprint density at radius 2 is 1.95 bits per heavy atom. The highest BCUT2D eigenvalue weighted by atomic mass is 79.9. The summed E-state index contributed by atoms with van der Waals surface area (Å²) in [6.07, 6.45) is -2.44. The van der Waals surface area contributed by atoms with Crippen LogP contribution >= 0.6 is 27.5 Å². The van der Waals surface area contributed by atoms with Gasteiger partial charge < -0.3 is 4.74 Å².